The lowest BCUT2D eigenvalue weighted by atomic mass is 10.1. The van der Waals surface area contributed by atoms with Crippen LogP contribution in [0, 0.1) is 0 Å². The second-order valence-electron chi connectivity index (χ2n) is 5.16. The van der Waals surface area contributed by atoms with Gasteiger partial charge in [-0.2, -0.15) is 0 Å². The molecule has 1 unspecified atom stereocenters. The number of anilines is 1. The van der Waals surface area contributed by atoms with E-state index < -0.39 is 13.5 Å². The van der Waals surface area contributed by atoms with Gasteiger partial charge in [0.2, 0.25) is 0 Å². The normalized spacial score (nSPS) is 13.6. The molecule has 5 nitrogen and oxygen atoms in total. The second kappa shape index (κ2) is 8.85. The highest BCUT2D eigenvalue weighted by Crippen LogP contribution is 2.42. The lowest BCUT2D eigenvalue weighted by molar-refractivity contribution is 0.0698. The number of benzene rings is 1. The first-order valence-corrected chi connectivity index (χ1v) is 9.23. The number of unbranched alkanes of at least 4 members (excludes halogenated alkanes) is 5. The van der Waals surface area contributed by atoms with E-state index >= 15 is 0 Å². The van der Waals surface area contributed by atoms with Gasteiger partial charge in [-0.15, -0.1) is 0 Å². The van der Waals surface area contributed by atoms with E-state index in [-0.39, 0.29) is 17.4 Å². The first-order valence-electron chi connectivity index (χ1n) is 7.38. The molecule has 0 aromatic heterocycles. The van der Waals surface area contributed by atoms with Crippen molar-refractivity contribution in [3.8, 4) is 0 Å². The van der Waals surface area contributed by atoms with Crippen molar-refractivity contribution in [3.63, 3.8) is 0 Å². The number of nitrogens with one attached hydrogen (secondary N) is 1. The molecule has 0 saturated carbocycles. The van der Waals surface area contributed by atoms with Crippen LogP contribution in [0.25, 0.3) is 0 Å². The number of carboxylic acids is 1. The Morgan fingerprint density at radius 2 is 1.76 bits per heavy atom. The lowest BCUT2D eigenvalue weighted by Crippen LogP contribution is -2.06. The molecule has 1 rings (SSSR count). The van der Waals surface area contributed by atoms with E-state index in [1.807, 2.05) is 0 Å². The Bertz CT molecular complexity index is 504. The fourth-order valence-electron chi connectivity index (χ4n) is 2.12. The third kappa shape index (κ3) is 6.78. The van der Waals surface area contributed by atoms with Crippen LogP contribution in [0.3, 0.4) is 0 Å². The van der Waals surface area contributed by atoms with Crippen molar-refractivity contribution in [1.29, 1.82) is 0 Å². The lowest BCUT2D eigenvalue weighted by Gasteiger charge is -2.16. The highest BCUT2D eigenvalue weighted by molar-refractivity contribution is 7.59. The number of aromatic carboxylic acids is 1. The molecule has 0 amide bonds. The molecule has 0 heterocycles. The number of rotatable bonds is 10. The van der Waals surface area contributed by atoms with Gasteiger partial charge < -0.3 is 15.1 Å². The zero-order chi connectivity index (χ0) is 15.7. The summed E-state index contributed by atoms with van der Waals surface area (Å²) in [5, 5.41) is 11.5. The van der Waals surface area contributed by atoms with E-state index in [1.54, 1.807) is 12.1 Å². The molecule has 6 heteroatoms. The summed E-state index contributed by atoms with van der Waals surface area (Å²) in [4.78, 5) is 21.0. The second-order valence-corrected chi connectivity index (χ2v) is 7.23. The summed E-state index contributed by atoms with van der Waals surface area (Å²) in [5.74, 6) is -1.11. The summed E-state index contributed by atoms with van der Waals surface area (Å²) < 4.78 is 12.1. The molecular weight excluding hydrogens is 289 g/mol. The van der Waals surface area contributed by atoms with E-state index in [9.17, 15) is 14.3 Å². The third-order valence-electron chi connectivity index (χ3n) is 3.27. The minimum absolute atomic E-state index is 0.00900. The number of hydrogen-bond acceptors (Lipinski definition) is 2. The monoisotopic (exact) mass is 313 g/mol. The summed E-state index contributed by atoms with van der Waals surface area (Å²) in [6.45, 7) is 2.14. The predicted molar refractivity (Wildman–Crippen MR) is 85.1 cm³/mol. The molecular formula is C15H24NO4P. The fraction of sp³-hybridized carbons (Fsp3) is 0.533. The SMILES string of the molecule is CCCCCCCCP(=O)(O)Nc1ccccc1C(=O)O. The van der Waals surface area contributed by atoms with Crippen LogP contribution in [-0.4, -0.2) is 22.1 Å². The van der Waals surface area contributed by atoms with Crippen LogP contribution in [0.5, 0.6) is 0 Å². The summed E-state index contributed by atoms with van der Waals surface area (Å²) in [7, 11) is -3.55. The van der Waals surface area contributed by atoms with Crippen molar-refractivity contribution in [2.45, 2.75) is 45.4 Å². The van der Waals surface area contributed by atoms with Gasteiger partial charge in [-0.3, -0.25) is 4.57 Å². The molecule has 1 aromatic carbocycles. The van der Waals surface area contributed by atoms with Gasteiger partial charge in [0.15, 0.2) is 0 Å². The van der Waals surface area contributed by atoms with Gasteiger partial charge in [0.1, 0.15) is 0 Å². The minimum atomic E-state index is -3.55. The Morgan fingerprint density at radius 3 is 2.43 bits per heavy atom. The van der Waals surface area contributed by atoms with E-state index in [1.165, 1.54) is 25.0 Å². The topological polar surface area (TPSA) is 86.6 Å². The first-order chi connectivity index (χ1) is 9.96. The molecule has 0 fully saturated rings. The summed E-state index contributed by atoms with van der Waals surface area (Å²) in [6.07, 6.45) is 6.34. The number of para-hydroxylation sites is 1. The van der Waals surface area contributed by atoms with Crippen molar-refractivity contribution in [3.05, 3.63) is 29.8 Å². The Hall–Kier alpha value is -1.32. The molecule has 1 atom stereocenters. The van der Waals surface area contributed by atoms with Gasteiger partial charge in [-0.25, -0.2) is 4.79 Å². The van der Waals surface area contributed by atoms with Crippen molar-refractivity contribution in [2.24, 2.45) is 0 Å². The van der Waals surface area contributed by atoms with Crippen LogP contribution in [0.4, 0.5) is 5.69 Å². The van der Waals surface area contributed by atoms with Crippen LogP contribution >= 0.6 is 7.52 Å². The summed E-state index contributed by atoms with van der Waals surface area (Å²) >= 11 is 0. The quantitative estimate of drug-likeness (QED) is 0.442. The van der Waals surface area contributed by atoms with Gasteiger partial charge in [0.25, 0.3) is 7.52 Å². The zero-order valence-corrected chi connectivity index (χ0v) is 13.3. The maximum Gasteiger partial charge on any atom is 0.337 e. The van der Waals surface area contributed by atoms with Crippen molar-refractivity contribution in [2.75, 3.05) is 11.2 Å². The van der Waals surface area contributed by atoms with Crippen molar-refractivity contribution in [1.82, 2.24) is 0 Å². The molecule has 0 aliphatic rings. The Kier molecular flexibility index (Phi) is 7.48. The number of carbonyl (C=O) groups is 1. The largest absolute Gasteiger partial charge is 0.478 e. The van der Waals surface area contributed by atoms with E-state index in [0.29, 0.717) is 6.42 Å². The molecule has 3 N–H and O–H groups in total. The van der Waals surface area contributed by atoms with Gasteiger partial charge in [-0.05, 0) is 18.6 Å². The minimum Gasteiger partial charge on any atom is -0.478 e. The maximum atomic E-state index is 12.1. The molecule has 0 aliphatic heterocycles. The number of carboxylic acid groups (broad SMARTS) is 1. The zero-order valence-electron chi connectivity index (χ0n) is 12.4. The first kappa shape index (κ1) is 17.7. The Labute approximate surface area is 125 Å². The molecule has 21 heavy (non-hydrogen) atoms. The van der Waals surface area contributed by atoms with Crippen LogP contribution in [0.15, 0.2) is 24.3 Å². The highest BCUT2D eigenvalue weighted by Gasteiger charge is 2.20. The maximum absolute atomic E-state index is 12.1. The Balaban J connectivity index is 2.49. The predicted octanol–water partition coefficient (Wildman–Crippen LogP) is 4.34. The van der Waals surface area contributed by atoms with Crippen LogP contribution in [-0.2, 0) is 4.57 Å². The smallest absolute Gasteiger partial charge is 0.337 e. The highest BCUT2D eigenvalue weighted by atomic mass is 31.2. The van der Waals surface area contributed by atoms with Gasteiger partial charge in [-0.1, -0.05) is 51.2 Å². The van der Waals surface area contributed by atoms with E-state index in [2.05, 4.69) is 12.0 Å². The molecule has 118 valence electrons. The average molecular weight is 313 g/mol. The number of hydrogen-bond donors (Lipinski definition) is 3. The van der Waals surface area contributed by atoms with Crippen LogP contribution in [0.1, 0.15) is 55.8 Å². The molecule has 0 radical (unpaired) electrons. The standard InChI is InChI=1S/C15H24NO4P/c1-2-3-4-5-6-9-12-21(19,20)16-14-11-8-7-10-13(14)15(17)18/h7-8,10-11H,2-6,9,12H2,1H3,(H,17,18)(H2,16,19,20). The molecule has 1 aromatic rings. The van der Waals surface area contributed by atoms with Crippen molar-refractivity contribution < 1.29 is 19.4 Å². The Morgan fingerprint density at radius 1 is 1.14 bits per heavy atom. The molecule has 0 aliphatic carbocycles. The van der Waals surface area contributed by atoms with Crippen LogP contribution < -0.4 is 5.09 Å². The van der Waals surface area contributed by atoms with Gasteiger partial charge >= 0.3 is 5.97 Å². The molecule has 0 bridgehead atoms. The molecule has 0 saturated heterocycles. The van der Waals surface area contributed by atoms with Crippen LogP contribution in [0.2, 0.25) is 0 Å². The third-order valence-corrected chi connectivity index (χ3v) is 4.78. The summed E-state index contributed by atoms with van der Waals surface area (Å²) in [6, 6.07) is 6.15. The molecule has 0 spiro atoms. The summed E-state index contributed by atoms with van der Waals surface area (Å²) in [5.41, 5.74) is 0.205. The van der Waals surface area contributed by atoms with E-state index in [4.69, 9.17) is 5.11 Å². The van der Waals surface area contributed by atoms with Gasteiger partial charge in [0.05, 0.1) is 11.3 Å². The fourth-order valence-corrected chi connectivity index (χ4v) is 3.45. The van der Waals surface area contributed by atoms with E-state index in [0.717, 1.165) is 19.3 Å². The average Bonchev–Trinajstić information content (AvgIpc) is 2.42. The van der Waals surface area contributed by atoms with Gasteiger partial charge in [0, 0.05) is 6.16 Å². The van der Waals surface area contributed by atoms with Crippen molar-refractivity contribution >= 4 is 19.2 Å².